The molecule has 0 radical (unpaired) electrons. The minimum atomic E-state index is -4.58. The average Bonchev–Trinajstić information content (AvgIpc) is 2.37. The number of aromatic amines is 1. The average molecular weight is 271 g/mol. The predicted molar refractivity (Wildman–Crippen MR) is 59.6 cm³/mol. The van der Waals surface area contributed by atoms with Crippen molar-refractivity contribution in [2.45, 2.75) is 6.18 Å². The van der Waals surface area contributed by atoms with Gasteiger partial charge in [0, 0.05) is 18.0 Å². The first kappa shape index (κ1) is 13.1. The normalized spacial score (nSPS) is 11.4. The summed E-state index contributed by atoms with van der Waals surface area (Å²) < 4.78 is 43.5. The molecule has 8 heteroatoms. The molecule has 5 nitrogen and oxygen atoms in total. The van der Waals surface area contributed by atoms with E-state index in [9.17, 15) is 18.0 Å². The standard InChI is InChI=1S/C11H8F3N3O2/c1-19-9-8(16-5-17-10(9)18)6-4-15-3-2-7(6)11(12,13)14/h2-5H,1H3,(H,16,17,18). The summed E-state index contributed by atoms with van der Waals surface area (Å²) in [7, 11) is 1.18. The third-order valence-electron chi connectivity index (χ3n) is 2.40. The fourth-order valence-electron chi connectivity index (χ4n) is 1.60. The van der Waals surface area contributed by atoms with Crippen LogP contribution in [0.15, 0.2) is 29.6 Å². The summed E-state index contributed by atoms with van der Waals surface area (Å²) in [6, 6.07) is 0.817. The molecule has 0 aliphatic carbocycles. The lowest BCUT2D eigenvalue weighted by Gasteiger charge is -2.12. The van der Waals surface area contributed by atoms with Gasteiger partial charge in [-0.25, -0.2) is 4.98 Å². The number of halogens is 3. The number of nitrogens with zero attached hydrogens (tertiary/aromatic N) is 2. The number of nitrogens with one attached hydrogen (secondary N) is 1. The summed E-state index contributed by atoms with van der Waals surface area (Å²) in [5, 5.41) is 0. The maximum Gasteiger partial charge on any atom is 0.417 e. The molecule has 2 heterocycles. The molecule has 2 aromatic rings. The Balaban J connectivity index is 2.74. The summed E-state index contributed by atoms with van der Waals surface area (Å²) >= 11 is 0. The van der Waals surface area contributed by atoms with Crippen molar-refractivity contribution >= 4 is 0 Å². The van der Waals surface area contributed by atoms with E-state index in [1.165, 1.54) is 7.11 Å². The second kappa shape index (κ2) is 4.71. The molecule has 0 bridgehead atoms. The van der Waals surface area contributed by atoms with Gasteiger partial charge < -0.3 is 9.72 Å². The van der Waals surface area contributed by atoms with Crippen LogP contribution in [0.25, 0.3) is 11.3 Å². The van der Waals surface area contributed by atoms with Gasteiger partial charge in [0.2, 0.25) is 5.75 Å². The molecule has 19 heavy (non-hydrogen) atoms. The highest BCUT2D eigenvalue weighted by atomic mass is 19.4. The first-order valence-electron chi connectivity index (χ1n) is 5.08. The van der Waals surface area contributed by atoms with Crippen molar-refractivity contribution in [3.8, 4) is 17.0 Å². The van der Waals surface area contributed by atoms with Gasteiger partial charge in [0.25, 0.3) is 5.56 Å². The first-order valence-corrected chi connectivity index (χ1v) is 5.08. The van der Waals surface area contributed by atoms with Gasteiger partial charge in [0.15, 0.2) is 0 Å². The number of ether oxygens (including phenoxy) is 1. The second-order valence-corrected chi connectivity index (χ2v) is 3.53. The molecule has 0 amide bonds. The molecule has 2 rings (SSSR count). The molecule has 0 aliphatic heterocycles. The van der Waals surface area contributed by atoms with Crippen molar-refractivity contribution in [3.05, 3.63) is 40.7 Å². The maximum absolute atomic E-state index is 12.9. The number of aromatic nitrogens is 3. The molecule has 2 aromatic heterocycles. The van der Waals surface area contributed by atoms with Crippen LogP contribution < -0.4 is 10.3 Å². The lowest BCUT2D eigenvalue weighted by molar-refractivity contribution is -0.137. The Morgan fingerprint density at radius 3 is 2.74 bits per heavy atom. The molecule has 0 aliphatic rings. The molecule has 100 valence electrons. The highest BCUT2D eigenvalue weighted by Gasteiger charge is 2.35. The number of hydrogen-bond donors (Lipinski definition) is 1. The fourth-order valence-corrected chi connectivity index (χ4v) is 1.60. The van der Waals surface area contributed by atoms with Crippen LogP contribution in [-0.4, -0.2) is 22.1 Å². The molecule has 0 saturated heterocycles. The Morgan fingerprint density at radius 2 is 2.11 bits per heavy atom. The Labute approximate surface area is 105 Å². The third kappa shape index (κ3) is 2.42. The van der Waals surface area contributed by atoms with Crippen LogP contribution >= 0.6 is 0 Å². The van der Waals surface area contributed by atoms with E-state index in [-0.39, 0.29) is 17.0 Å². The number of alkyl halides is 3. The topological polar surface area (TPSA) is 67.9 Å². The Hall–Kier alpha value is -2.38. The maximum atomic E-state index is 12.9. The van der Waals surface area contributed by atoms with Crippen LogP contribution in [-0.2, 0) is 6.18 Å². The molecular weight excluding hydrogens is 263 g/mol. The van der Waals surface area contributed by atoms with Gasteiger partial charge in [-0.1, -0.05) is 0 Å². The zero-order valence-corrected chi connectivity index (χ0v) is 9.65. The summed E-state index contributed by atoms with van der Waals surface area (Å²) in [6.45, 7) is 0. The summed E-state index contributed by atoms with van der Waals surface area (Å²) in [5.74, 6) is -0.291. The van der Waals surface area contributed by atoms with Crippen molar-refractivity contribution in [1.29, 1.82) is 0 Å². The van der Waals surface area contributed by atoms with Crippen molar-refractivity contribution in [2.75, 3.05) is 7.11 Å². The number of hydrogen-bond acceptors (Lipinski definition) is 4. The molecule has 0 fully saturated rings. The van der Waals surface area contributed by atoms with Gasteiger partial charge in [-0.15, -0.1) is 0 Å². The largest absolute Gasteiger partial charge is 0.490 e. The zero-order valence-electron chi connectivity index (χ0n) is 9.65. The van der Waals surface area contributed by atoms with Crippen molar-refractivity contribution in [3.63, 3.8) is 0 Å². The van der Waals surface area contributed by atoms with Crippen LogP contribution in [0.3, 0.4) is 0 Å². The predicted octanol–water partition coefficient (Wildman–Crippen LogP) is 1.86. The van der Waals surface area contributed by atoms with Crippen LogP contribution in [0.4, 0.5) is 13.2 Å². The smallest absolute Gasteiger partial charge is 0.417 e. The molecule has 0 saturated carbocycles. The molecule has 0 atom stereocenters. The lowest BCUT2D eigenvalue weighted by atomic mass is 10.1. The summed E-state index contributed by atoms with van der Waals surface area (Å²) in [5.41, 5.74) is -2.10. The van der Waals surface area contributed by atoms with Gasteiger partial charge in [-0.2, -0.15) is 13.2 Å². The lowest BCUT2D eigenvalue weighted by Crippen LogP contribution is -2.14. The fraction of sp³-hybridized carbons (Fsp3) is 0.182. The second-order valence-electron chi connectivity index (χ2n) is 3.53. The van der Waals surface area contributed by atoms with Crippen molar-refractivity contribution in [2.24, 2.45) is 0 Å². The van der Waals surface area contributed by atoms with Crippen LogP contribution in [0.2, 0.25) is 0 Å². The van der Waals surface area contributed by atoms with E-state index in [0.29, 0.717) is 0 Å². The SMILES string of the molecule is COc1c(-c2cnccc2C(F)(F)F)nc[nH]c1=O. The van der Waals surface area contributed by atoms with E-state index in [2.05, 4.69) is 15.0 Å². The highest BCUT2D eigenvalue weighted by molar-refractivity contribution is 5.68. The minimum absolute atomic E-state index is 0.202. The number of pyridine rings is 1. The van der Waals surface area contributed by atoms with Gasteiger partial charge in [-0.05, 0) is 6.07 Å². The van der Waals surface area contributed by atoms with E-state index in [0.717, 1.165) is 24.8 Å². The van der Waals surface area contributed by atoms with Gasteiger partial charge in [0.1, 0.15) is 5.69 Å². The number of rotatable bonds is 2. The summed E-state index contributed by atoms with van der Waals surface area (Å²) in [6.07, 6.45) is -1.56. The number of H-pyrrole nitrogens is 1. The van der Waals surface area contributed by atoms with E-state index >= 15 is 0 Å². The Bertz CT molecular complexity index is 652. The Morgan fingerprint density at radius 1 is 1.37 bits per heavy atom. The quantitative estimate of drug-likeness (QED) is 0.905. The van der Waals surface area contributed by atoms with Crippen LogP contribution in [0, 0.1) is 0 Å². The summed E-state index contributed by atoms with van der Waals surface area (Å²) in [4.78, 5) is 21.1. The highest BCUT2D eigenvalue weighted by Crippen LogP contribution is 2.37. The third-order valence-corrected chi connectivity index (χ3v) is 2.40. The molecular formula is C11H8F3N3O2. The van der Waals surface area contributed by atoms with Gasteiger partial charge in [0.05, 0.1) is 19.0 Å². The first-order chi connectivity index (χ1) is 8.95. The number of methoxy groups -OCH3 is 1. The molecule has 1 N–H and O–H groups in total. The van der Waals surface area contributed by atoms with Crippen molar-refractivity contribution in [1.82, 2.24) is 15.0 Å². The van der Waals surface area contributed by atoms with Crippen LogP contribution in [0.1, 0.15) is 5.56 Å². The van der Waals surface area contributed by atoms with Gasteiger partial charge in [-0.3, -0.25) is 9.78 Å². The van der Waals surface area contributed by atoms with E-state index in [1.54, 1.807) is 0 Å². The monoisotopic (exact) mass is 271 g/mol. The zero-order chi connectivity index (χ0) is 14.0. The molecule has 0 aromatic carbocycles. The molecule has 0 unspecified atom stereocenters. The van der Waals surface area contributed by atoms with E-state index in [1.807, 2.05) is 0 Å². The van der Waals surface area contributed by atoms with Gasteiger partial charge >= 0.3 is 6.18 Å². The van der Waals surface area contributed by atoms with E-state index in [4.69, 9.17) is 4.74 Å². The van der Waals surface area contributed by atoms with Crippen LogP contribution in [0.5, 0.6) is 5.75 Å². The Kier molecular flexibility index (Phi) is 3.24. The van der Waals surface area contributed by atoms with Crippen molar-refractivity contribution < 1.29 is 17.9 Å². The minimum Gasteiger partial charge on any atom is -0.490 e. The van der Waals surface area contributed by atoms with E-state index < -0.39 is 17.3 Å². The molecule has 0 spiro atoms.